The van der Waals surface area contributed by atoms with Gasteiger partial charge in [0.05, 0.1) is 28.3 Å². The summed E-state index contributed by atoms with van der Waals surface area (Å²) in [5.41, 5.74) is 1.26. The van der Waals surface area contributed by atoms with Crippen molar-refractivity contribution in [3.8, 4) is 0 Å². The lowest BCUT2D eigenvalue weighted by Gasteiger charge is -2.25. The Bertz CT molecular complexity index is 875. The Labute approximate surface area is 172 Å². The van der Waals surface area contributed by atoms with Crippen molar-refractivity contribution in [2.24, 2.45) is 5.92 Å². The third kappa shape index (κ3) is 5.02. The molecule has 3 rings (SSSR count). The van der Waals surface area contributed by atoms with Crippen molar-refractivity contribution < 1.29 is 19.4 Å². The summed E-state index contributed by atoms with van der Waals surface area (Å²) in [7, 11) is 0. The van der Waals surface area contributed by atoms with Crippen molar-refractivity contribution in [1.29, 1.82) is 0 Å². The first kappa shape index (κ1) is 20.6. The fourth-order valence-corrected chi connectivity index (χ4v) is 3.45. The minimum atomic E-state index is -1.07. The maximum Gasteiger partial charge on any atom is 0.335 e. The molecule has 1 aliphatic rings. The normalized spacial score (nSPS) is 19.6. The molecule has 0 unspecified atom stereocenters. The van der Waals surface area contributed by atoms with Crippen LogP contribution in [0.15, 0.2) is 42.5 Å². The number of amides is 1. The van der Waals surface area contributed by atoms with Crippen LogP contribution in [0.4, 0.5) is 0 Å². The zero-order valence-corrected chi connectivity index (χ0v) is 16.5. The minimum Gasteiger partial charge on any atom is -0.478 e. The minimum absolute atomic E-state index is 0.0358. The van der Waals surface area contributed by atoms with Gasteiger partial charge in [-0.25, -0.2) is 4.79 Å². The highest BCUT2D eigenvalue weighted by Gasteiger charge is 2.27. The highest BCUT2D eigenvalue weighted by Crippen LogP contribution is 2.32. The monoisotopic (exact) mass is 422 g/mol. The Hall–Kier alpha value is -2.12. The summed E-state index contributed by atoms with van der Waals surface area (Å²) in [5.74, 6) is -1.44. The van der Waals surface area contributed by atoms with Crippen LogP contribution in [-0.4, -0.2) is 43.2 Å². The van der Waals surface area contributed by atoms with Crippen molar-refractivity contribution in [2.75, 3.05) is 26.2 Å². The molecular weight excluding hydrogens is 403 g/mol. The van der Waals surface area contributed by atoms with Crippen molar-refractivity contribution in [2.45, 2.75) is 6.10 Å². The van der Waals surface area contributed by atoms with Gasteiger partial charge in [0.2, 0.25) is 0 Å². The van der Waals surface area contributed by atoms with Gasteiger partial charge in [-0.2, -0.15) is 0 Å². The van der Waals surface area contributed by atoms with Crippen molar-refractivity contribution >= 4 is 35.1 Å². The highest BCUT2D eigenvalue weighted by molar-refractivity contribution is 6.42. The van der Waals surface area contributed by atoms with Gasteiger partial charge in [-0.3, -0.25) is 4.79 Å². The Morgan fingerprint density at radius 1 is 1.14 bits per heavy atom. The van der Waals surface area contributed by atoms with E-state index in [2.05, 4.69) is 10.6 Å². The molecule has 0 radical (unpaired) electrons. The first-order chi connectivity index (χ1) is 13.5. The molecule has 8 heteroatoms. The van der Waals surface area contributed by atoms with E-state index in [0.717, 1.165) is 5.56 Å². The number of carbonyl (C=O) groups is 2. The third-order valence-corrected chi connectivity index (χ3v) is 5.32. The number of carboxylic acid groups (broad SMARTS) is 1. The molecule has 1 amide bonds. The van der Waals surface area contributed by atoms with Gasteiger partial charge >= 0.3 is 5.97 Å². The fourth-order valence-electron chi connectivity index (χ4n) is 3.14. The number of aromatic carboxylic acids is 1. The zero-order chi connectivity index (χ0) is 20.1. The second-order valence-electron chi connectivity index (χ2n) is 6.53. The molecule has 1 fully saturated rings. The number of benzene rings is 2. The first-order valence-corrected chi connectivity index (χ1v) is 9.60. The number of halogens is 2. The Morgan fingerprint density at radius 3 is 2.68 bits per heavy atom. The van der Waals surface area contributed by atoms with Gasteiger partial charge in [0.25, 0.3) is 5.91 Å². The lowest BCUT2D eigenvalue weighted by atomic mass is 9.95. The molecule has 148 valence electrons. The third-order valence-electron chi connectivity index (χ3n) is 4.58. The predicted octanol–water partition coefficient (Wildman–Crippen LogP) is 3.40. The lowest BCUT2D eigenvalue weighted by Crippen LogP contribution is -2.36. The van der Waals surface area contributed by atoms with Crippen molar-refractivity contribution in [3.63, 3.8) is 0 Å². The van der Waals surface area contributed by atoms with E-state index >= 15 is 0 Å². The van der Waals surface area contributed by atoms with Crippen LogP contribution >= 0.6 is 23.2 Å². The van der Waals surface area contributed by atoms with Gasteiger partial charge in [0.15, 0.2) is 0 Å². The topological polar surface area (TPSA) is 87.7 Å². The summed E-state index contributed by atoms with van der Waals surface area (Å²) in [4.78, 5) is 23.6. The summed E-state index contributed by atoms with van der Waals surface area (Å²) in [5, 5.41) is 16.2. The molecule has 0 aliphatic carbocycles. The van der Waals surface area contributed by atoms with Crippen LogP contribution in [0.2, 0.25) is 10.0 Å². The van der Waals surface area contributed by atoms with Gasteiger partial charge in [0, 0.05) is 31.1 Å². The molecule has 1 aliphatic heterocycles. The van der Waals surface area contributed by atoms with Gasteiger partial charge in [-0.05, 0) is 35.9 Å². The Morgan fingerprint density at radius 2 is 1.93 bits per heavy atom. The molecular formula is C20H20Cl2N2O4. The summed E-state index contributed by atoms with van der Waals surface area (Å²) in [6.45, 7) is 2.26. The molecule has 0 saturated carbocycles. The number of nitrogens with one attached hydrogen (secondary N) is 2. The lowest BCUT2D eigenvalue weighted by molar-refractivity contribution is 0.0306. The average Bonchev–Trinajstić information content (AvgIpc) is 2.94. The van der Waals surface area contributed by atoms with Crippen molar-refractivity contribution in [3.05, 3.63) is 69.2 Å². The smallest absolute Gasteiger partial charge is 0.335 e. The molecule has 2 aromatic rings. The summed E-state index contributed by atoms with van der Waals surface area (Å²) >= 11 is 12.2. The molecule has 0 spiro atoms. The number of rotatable bonds is 5. The largest absolute Gasteiger partial charge is 0.478 e. The van der Waals surface area contributed by atoms with Crippen LogP contribution in [0.5, 0.6) is 0 Å². The molecule has 28 heavy (non-hydrogen) atoms. The number of hydrogen-bond donors (Lipinski definition) is 3. The van der Waals surface area contributed by atoms with Gasteiger partial charge in [-0.1, -0.05) is 35.3 Å². The molecule has 2 atom stereocenters. The molecule has 6 nitrogen and oxygen atoms in total. The van der Waals surface area contributed by atoms with Crippen LogP contribution in [0.3, 0.4) is 0 Å². The molecule has 0 bridgehead atoms. The SMILES string of the molecule is O=C(O)c1cccc(C(=O)NC[C@@H]2CNCCO[C@H]2c2ccc(Cl)c(Cl)c2)c1. The number of ether oxygens (including phenoxy) is 1. The maximum absolute atomic E-state index is 12.5. The highest BCUT2D eigenvalue weighted by atomic mass is 35.5. The summed E-state index contributed by atoms with van der Waals surface area (Å²) in [6, 6.07) is 11.3. The van der Waals surface area contributed by atoms with Gasteiger partial charge < -0.3 is 20.5 Å². The van der Waals surface area contributed by atoms with Gasteiger partial charge in [-0.15, -0.1) is 0 Å². The number of carboxylic acids is 1. The van der Waals surface area contributed by atoms with Crippen LogP contribution < -0.4 is 10.6 Å². The number of carbonyl (C=O) groups excluding carboxylic acids is 1. The first-order valence-electron chi connectivity index (χ1n) is 8.84. The van der Waals surface area contributed by atoms with E-state index in [4.69, 9.17) is 33.0 Å². The average molecular weight is 423 g/mol. The van der Waals surface area contributed by atoms with E-state index in [0.29, 0.717) is 41.8 Å². The van der Waals surface area contributed by atoms with Crippen LogP contribution in [0, 0.1) is 5.92 Å². The standard InChI is InChI=1S/C20H20Cl2N2O4/c21-16-5-4-12(9-17(16)22)18-15(10-23-6-7-28-18)11-24-19(25)13-2-1-3-14(8-13)20(26)27/h1-5,8-9,15,18,23H,6-7,10-11H2,(H,24,25)(H,26,27)/t15-,18-/m0/s1. The van der Waals surface area contributed by atoms with Crippen LogP contribution in [-0.2, 0) is 4.74 Å². The van der Waals surface area contributed by atoms with E-state index < -0.39 is 5.97 Å². The Kier molecular flexibility index (Phi) is 6.91. The fraction of sp³-hybridized carbons (Fsp3) is 0.300. The van der Waals surface area contributed by atoms with E-state index in [1.807, 2.05) is 6.07 Å². The Balaban J connectivity index is 1.72. The van der Waals surface area contributed by atoms with Crippen molar-refractivity contribution in [1.82, 2.24) is 10.6 Å². The van der Waals surface area contributed by atoms with E-state index in [1.54, 1.807) is 24.3 Å². The van der Waals surface area contributed by atoms with E-state index in [9.17, 15) is 9.59 Å². The zero-order valence-electron chi connectivity index (χ0n) is 15.0. The molecule has 2 aromatic carbocycles. The van der Waals surface area contributed by atoms with E-state index in [-0.39, 0.29) is 23.5 Å². The predicted molar refractivity (Wildman–Crippen MR) is 107 cm³/mol. The molecule has 1 heterocycles. The van der Waals surface area contributed by atoms with Crippen LogP contribution in [0.1, 0.15) is 32.4 Å². The second kappa shape index (κ2) is 9.39. The van der Waals surface area contributed by atoms with Gasteiger partial charge in [0.1, 0.15) is 0 Å². The summed E-state index contributed by atoms with van der Waals surface area (Å²) < 4.78 is 5.99. The second-order valence-corrected chi connectivity index (χ2v) is 7.34. The molecule has 3 N–H and O–H groups in total. The van der Waals surface area contributed by atoms with E-state index in [1.165, 1.54) is 12.1 Å². The number of hydrogen-bond acceptors (Lipinski definition) is 4. The molecule has 0 aromatic heterocycles. The quantitative estimate of drug-likeness (QED) is 0.686. The molecule has 1 saturated heterocycles. The van der Waals surface area contributed by atoms with Crippen LogP contribution in [0.25, 0.3) is 0 Å². The maximum atomic E-state index is 12.5. The summed E-state index contributed by atoms with van der Waals surface area (Å²) in [6.07, 6.45) is -0.254.